The van der Waals surface area contributed by atoms with Crippen molar-refractivity contribution in [1.29, 1.82) is 0 Å². The van der Waals surface area contributed by atoms with Crippen molar-refractivity contribution in [1.82, 2.24) is 4.98 Å². The summed E-state index contributed by atoms with van der Waals surface area (Å²) < 4.78 is 13.0. The number of aromatic nitrogens is 1. The van der Waals surface area contributed by atoms with Gasteiger partial charge in [0.05, 0.1) is 6.20 Å². The monoisotopic (exact) mass is 195 g/mol. The van der Waals surface area contributed by atoms with Gasteiger partial charge in [-0.2, -0.15) is 0 Å². The van der Waals surface area contributed by atoms with Crippen molar-refractivity contribution in [3.05, 3.63) is 29.8 Å². The lowest BCUT2D eigenvalue weighted by molar-refractivity contribution is 0.288. The first kappa shape index (κ1) is 11.2. The van der Waals surface area contributed by atoms with E-state index < -0.39 is 0 Å². The van der Waals surface area contributed by atoms with Crippen LogP contribution in [-0.2, 0) is 0 Å². The molecule has 1 heterocycles. The molecule has 0 radical (unpaired) electrons. The number of hydrogen-bond donors (Lipinski definition) is 0. The van der Waals surface area contributed by atoms with E-state index in [9.17, 15) is 4.39 Å². The van der Waals surface area contributed by atoms with Crippen LogP contribution < -0.4 is 0 Å². The molecular formula is C12H18FN. The average Bonchev–Trinajstić information content (AvgIpc) is 2.16. The van der Waals surface area contributed by atoms with Crippen LogP contribution in [0.15, 0.2) is 18.5 Å². The van der Waals surface area contributed by atoms with Crippen molar-refractivity contribution in [3.8, 4) is 0 Å². The van der Waals surface area contributed by atoms with Crippen molar-refractivity contribution in [2.45, 2.75) is 40.0 Å². The molecule has 0 spiro atoms. The van der Waals surface area contributed by atoms with Crippen LogP contribution >= 0.6 is 0 Å². The third-order valence-corrected chi connectivity index (χ3v) is 3.31. The van der Waals surface area contributed by atoms with Gasteiger partial charge in [0.2, 0.25) is 0 Å². The predicted octanol–water partition coefficient (Wildman–Crippen LogP) is 3.76. The Labute approximate surface area is 85.4 Å². The van der Waals surface area contributed by atoms with Gasteiger partial charge in [-0.3, -0.25) is 4.98 Å². The number of pyridine rings is 1. The van der Waals surface area contributed by atoms with Crippen LogP contribution in [0.2, 0.25) is 0 Å². The van der Waals surface area contributed by atoms with Crippen LogP contribution in [0.4, 0.5) is 4.39 Å². The molecule has 1 rings (SSSR count). The van der Waals surface area contributed by atoms with Gasteiger partial charge in [0.25, 0.3) is 0 Å². The second-order valence-electron chi connectivity index (χ2n) is 4.50. The fourth-order valence-electron chi connectivity index (χ4n) is 1.42. The molecule has 0 aliphatic rings. The summed E-state index contributed by atoms with van der Waals surface area (Å²) in [4.78, 5) is 3.88. The number of halogens is 1. The van der Waals surface area contributed by atoms with Crippen LogP contribution in [0.1, 0.15) is 45.6 Å². The average molecular weight is 195 g/mol. The molecule has 0 saturated carbocycles. The molecule has 1 aromatic rings. The van der Waals surface area contributed by atoms with Gasteiger partial charge in [-0.25, -0.2) is 4.39 Å². The minimum absolute atomic E-state index is 0.190. The first-order chi connectivity index (χ1) is 6.47. The molecule has 0 saturated heterocycles. The second kappa shape index (κ2) is 4.07. The highest BCUT2D eigenvalue weighted by Crippen LogP contribution is 2.37. The van der Waals surface area contributed by atoms with Crippen molar-refractivity contribution in [2.24, 2.45) is 5.41 Å². The molecule has 0 aromatic carbocycles. The molecule has 1 aromatic heterocycles. The molecule has 2 heteroatoms. The Morgan fingerprint density at radius 3 is 2.57 bits per heavy atom. The van der Waals surface area contributed by atoms with Gasteiger partial charge < -0.3 is 0 Å². The summed E-state index contributed by atoms with van der Waals surface area (Å²) in [5.41, 5.74) is 1.17. The van der Waals surface area contributed by atoms with E-state index in [0.29, 0.717) is 5.92 Å². The van der Waals surface area contributed by atoms with Gasteiger partial charge in [-0.1, -0.05) is 34.1 Å². The standard InChI is InChI=1S/C12H18FN/c1-5-12(3,4)9(2)10-6-11(13)8-14-7-10/h6-9H,5H2,1-4H3. The minimum atomic E-state index is -0.249. The van der Waals surface area contributed by atoms with E-state index in [2.05, 4.69) is 32.7 Å². The molecule has 14 heavy (non-hydrogen) atoms. The van der Waals surface area contributed by atoms with Gasteiger partial charge in [0, 0.05) is 6.20 Å². The van der Waals surface area contributed by atoms with E-state index in [4.69, 9.17) is 0 Å². The Morgan fingerprint density at radius 1 is 1.43 bits per heavy atom. The van der Waals surface area contributed by atoms with Gasteiger partial charge in [-0.05, 0) is 23.0 Å². The normalized spacial score (nSPS) is 14.1. The lowest BCUT2D eigenvalue weighted by Gasteiger charge is -2.30. The third-order valence-electron chi connectivity index (χ3n) is 3.31. The zero-order valence-electron chi connectivity index (χ0n) is 9.34. The lowest BCUT2D eigenvalue weighted by atomic mass is 9.75. The van der Waals surface area contributed by atoms with Crippen molar-refractivity contribution in [3.63, 3.8) is 0 Å². The van der Waals surface area contributed by atoms with Crippen molar-refractivity contribution in [2.75, 3.05) is 0 Å². The van der Waals surface area contributed by atoms with Gasteiger partial charge >= 0.3 is 0 Å². The van der Waals surface area contributed by atoms with Crippen LogP contribution in [0.3, 0.4) is 0 Å². The summed E-state index contributed by atoms with van der Waals surface area (Å²) in [6, 6.07) is 1.58. The number of hydrogen-bond acceptors (Lipinski definition) is 1. The molecule has 0 aliphatic heterocycles. The van der Waals surface area contributed by atoms with E-state index in [1.807, 2.05) is 0 Å². The number of rotatable bonds is 3. The van der Waals surface area contributed by atoms with Crippen molar-refractivity contribution < 1.29 is 4.39 Å². The Hall–Kier alpha value is -0.920. The predicted molar refractivity (Wildman–Crippen MR) is 56.7 cm³/mol. The minimum Gasteiger partial charge on any atom is -0.261 e. The van der Waals surface area contributed by atoms with Gasteiger partial charge in [0.1, 0.15) is 5.82 Å². The van der Waals surface area contributed by atoms with Gasteiger partial charge in [0.15, 0.2) is 0 Å². The summed E-state index contributed by atoms with van der Waals surface area (Å²) in [5.74, 6) is 0.0805. The van der Waals surface area contributed by atoms with Crippen LogP contribution in [-0.4, -0.2) is 4.98 Å². The SMILES string of the molecule is CCC(C)(C)C(C)c1cncc(F)c1. The molecule has 0 N–H and O–H groups in total. The maximum absolute atomic E-state index is 13.0. The van der Waals surface area contributed by atoms with E-state index in [1.165, 1.54) is 6.20 Å². The van der Waals surface area contributed by atoms with E-state index >= 15 is 0 Å². The van der Waals surface area contributed by atoms with E-state index in [-0.39, 0.29) is 11.2 Å². The Balaban J connectivity index is 2.94. The fraction of sp³-hybridized carbons (Fsp3) is 0.583. The molecule has 1 atom stereocenters. The maximum atomic E-state index is 13.0. The third kappa shape index (κ3) is 2.31. The Bertz CT molecular complexity index is 307. The van der Waals surface area contributed by atoms with Crippen LogP contribution in [0.25, 0.3) is 0 Å². The zero-order chi connectivity index (χ0) is 10.8. The Morgan fingerprint density at radius 2 is 2.07 bits per heavy atom. The maximum Gasteiger partial charge on any atom is 0.141 e. The molecule has 0 bridgehead atoms. The van der Waals surface area contributed by atoms with Crippen molar-refractivity contribution >= 4 is 0 Å². The topological polar surface area (TPSA) is 12.9 Å². The smallest absolute Gasteiger partial charge is 0.141 e. The van der Waals surface area contributed by atoms with E-state index in [0.717, 1.165) is 12.0 Å². The first-order valence-electron chi connectivity index (χ1n) is 5.08. The highest BCUT2D eigenvalue weighted by molar-refractivity contribution is 5.17. The molecule has 78 valence electrons. The van der Waals surface area contributed by atoms with Crippen LogP contribution in [0.5, 0.6) is 0 Å². The van der Waals surface area contributed by atoms with E-state index in [1.54, 1.807) is 12.3 Å². The Kier molecular flexibility index (Phi) is 3.25. The quantitative estimate of drug-likeness (QED) is 0.715. The molecule has 0 fully saturated rings. The summed E-state index contributed by atoms with van der Waals surface area (Å²) >= 11 is 0. The van der Waals surface area contributed by atoms with Crippen LogP contribution in [0, 0.1) is 11.2 Å². The second-order valence-corrected chi connectivity index (χ2v) is 4.50. The molecule has 0 aliphatic carbocycles. The molecular weight excluding hydrogens is 177 g/mol. The zero-order valence-corrected chi connectivity index (χ0v) is 9.34. The highest BCUT2D eigenvalue weighted by Gasteiger charge is 2.25. The first-order valence-corrected chi connectivity index (χ1v) is 5.08. The molecule has 1 nitrogen and oxygen atoms in total. The number of nitrogens with zero attached hydrogens (tertiary/aromatic N) is 1. The molecule has 1 unspecified atom stereocenters. The summed E-state index contributed by atoms with van der Waals surface area (Å²) in [5, 5.41) is 0. The largest absolute Gasteiger partial charge is 0.261 e. The molecule has 0 amide bonds. The highest BCUT2D eigenvalue weighted by atomic mass is 19.1. The summed E-state index contributed by atoms with van der Waals surface area (Å²) in [6.07, 6.45) is 4.07. The summed E-state index contributed by atoms with van der Waals surface area (Å²) in [6.45, 7) is 8.67. The summed E-state index contributed by atoms with van der Waals surface area (Å²) in [7, 11) is 0. The van der Waals surface area contributed by atoms with Gasteiger partial charge in [-0.15, -0.1) is 0 Å². The lowest BCUT2D eigenvalue weighted by Crippen LogP contribution is -2.18. The fourth-order valence-corrected chi connectivity index (χ4v) is 1.42.